The molecule has 3 aromatic rings. The number of amides is 1. The Labute approximate surface area is 175 Å². The molecule has 0 atom stereocenters. The fourth-order valence-electron chi connectivity index (χ4n) is 3.86. The number of pyridine rings is 1. The second-order valence-corrected chi connectivity index (χ2v) is 7.61. The maximum absolute atomic E-state index is 13.0. The molecule has 0 radical (unpaired) electrons. The van der Waals surface area contributed by atoms with Crippen LogP contribution in [-0.2, 0) is 13.2 Å². The number of nitrogens with zero attached hydrogens (tertiary/aromatic N) is 5. The SMILES string of the molecule is Cn1cc(C(=O)NC2CCC(Nc3cccc4nc(C(F)(F)F)cn34)CC2)c(C#N)n1. The van der Waals surface area contributed by atoms with Crippen molar-refractivity contribution in [2.45, 2.75) is 43.9 Å². The minimum Gasteiger partial charge on any atom is -0.368 e. The first-order valence-electron chi connectivity index (χ1n) is 9.81. The predicted molar refractivity (Wildman–Crippen MR) is 105 cm³/mol. The molecule has 1 fully saturated rings. The number of imidazole rings is 1. The van der Waals surface area contributed by atoms with Gasteiger partial charge in [0.1, 0.15) is 17.5 Å². The van der Waals surface area contributed by atoms with E-state index in [0.717, 1.165) is 19.0 Å². The Morgan fingerprint density at radius 1 is 1.19 bits per heavy atom. The molecule has 0 saturated heterocycles. The maximum Gasteiger partial charge on any atom is 0.434 e. The summed E-state index contributed by atoms with van der Waals surface area (Å²) < 4.78 is 41.8. The van der Waals surface area contributed by atoms with Crippen LogP contribution in [-0.4, -0.2) is 37.2 Å². The van der Waals surface area contributed by atoms with E-state index in [2.05, 4.69) is 20.7 Å². The Balaban J connectivity index is 1.38. The van der Waals surface area contributed by atoms with Gasteiger partial charge in [0, 0.05) is 31.5 Å². The molecule has 0 aliphatic heterocycles. The molecular formula is C20H20F3N7O. The van der Waals surface area contributed by atoms with Crippen LogP contribution in [0.3, 0.4) is 0 Å². The van der Waals surface area contributed by atoms with Crippen LogP contribution in [0.15, 0.2) is 30.6 Å². The number of aromatic nitrogens is 4. The lowest BCUT2D eigenvalue weighted by atomic mass is 9.91. The molecule has 4 rings (SSSR count). The van der Waals surface area contributed by atoms with Gasteiger partial charge in [-0.2, -0.15) is 23.5 Å². The summed E-state index contributed by atoms with van der Waals surface area (Å²) in [5.41, 5.74) is -0.372. The molecule has 1 amide bonds. The summed E-state index contributed by atoms with van der Waals surface area (Å²) in [7, 11) is 1.65. The van der Waals surface area contributed by atoms with Crippen LogP contribution < -0.4 is 10.6 Å². The lowest BCUT2D eigenvalue weighted by Crippen LogP contribution is -2.40. The minimum absolute atomic E-state index is 0.0434. The number of anilines is 1. The molecule has 11 heteroatoms. The summed E-state index contributed by atoms with van der Waals surface area (Å²) in [6.45, 7) is 0. The molecule has 1 aliphatic rings. The van der Waals surface area contributed by atoms with Gasteiger partial charge in [-0.3, -0.25) is 13.9 Å². The summed E-state index contributed by atoms with van der Waals surface area (Å²) in [6.07, 6.45) is 0.893. The fraction of sp³-hybridized carbons (Fsp3) is 0.400. The van der Waals surface area contributed by atoms with Crippen molar-refractivity contribution in [3.8, 4) is 6.07 Å². The van der Waals surface area contributed by atoms with Crippen LogP contribution >= 0.6 is 0 Å². The number of carbonyl (C=O) groups is 1. The number of aryl methyl sites for hydroxylation is 1. The first kappa shape index (κ1) is 20.7. The van der Waals surface area contributed by atoms with Gasteiger partial charge < -0.3 is 10.6 Å². The molecule has 0 spiro atoms. The molecule has 0 bridgehead atoms. The molecule has 0 unspecified atom stereocenters. The number of alkyl halides is 3. The molecule has 1 saturated carbocycles. The van der Waals surface area contributed by atoms with Gasteiger partial charge in [0.15, 0.2) is 11.4 Å². The number of carbonyl (C=O) groups excluding carboxylic acids is 1. The van der Waals surface area contributed by atoms with Crippen LogP contribution in [0, 0.1) is 11.3 Å². The number of hydrogen-bond acceptors (Lipinski definition) is 5. The molecule has 0 aromatic carbocycles. The lowest BCUT2D eigenvalue weighted by molar-refractivity contribution is -0.140. The average Bonchev–Trinajstić information content (AvgIpc) is 3.33. The second-order valence-electron chi connectivity index (χ2n) is 7.61. The smallest absolute Gasteiger partial charge is 0.368 e. The van der Waals surface area contributed by atoms with E-state index in [1.54, 1.807) is 19.2 Å². The lowest BCUT2D eigenvalue weighted by Gasteiger charge is -2.30. The standard InChI is InChI=1S/C20H20F3N7O/c1-29-10-14(15(9-24)28-29)19(31)26-13-7-5-12(6-8-13)25-17-3-2-4-18-27-16(11-30(17)18)20(21,22)23/h2-4,10-13,25H,5-8H2,1H3,(H,26,31). The van der Waals surface area contributed by atoms with Crippen LogP contribution in [0.4, 0.5) is 19.0 Å². The number of nitrogens with one attached hydrogen (secondary N) is 2. The van der Waals surface area contributed by atoms with Crippen LogP contribution in [0.1, 0.15) is 47.4 Å². The van der Waals surface area contributed by atoms with Gasteiger partial charge in [0.25, 0.3) is 5.91 Å². The van der Waals surface area contributed by atoms with Crippen molar-refractivity contribution in [1.29, 1.82) is 5.26 Å². The first-order chi connectivity index (χ1) is 14.7. The topological polar surface area (TPSA) is 100 Å². The van der Waals surface area contributed by atoms with E-state index in [1.807, 2.05) is 6.07 Å². The van der Waals surface area contributed by atoms with Crippen molar-refractivity contribution in [3.63, 3.8) is 0 Å². The van der Waals surface area contributed by atoms with Crippen molar-refractivity contribution < 1.29 is 18.0 Å². The molecule has 1 aliphatic carbocycles. The monoisotopic (exact) mass is 431 g/mol. The highest BCUT2D eigenvalue weighted by molar-refractivity contribution is 5.96. The number of hydrogen-bond donors (Lipinski definition) is 2. The molecule has 3 heterocycles. The highest BCUT2D eigenvalue weighted by atomic mass is 19.4. The summed E-state index contributed by atoms with van der Waals surface area (Å²) in [6, 6.07) is 6.84. The zero-order valence-corrected chi connectivity index (χ0v) is 16.6. The van der Waals surface area contributed by atoms with Crippen molar-refractivity contribution in [1.82, 2.24) is 24.5 Å². The molecule has 3 aromatic heterocycles. The normalized spacial score (nSPS) is 19.2. The van der Waals surface area contributed by atoms with Crippen LogP contribution in [0.2, 0.25) is 0 Å². The number of nitriles is 1. The minimum atomic E-state index is -4.50. The van der Waals surface area contributed by atoms with Crippen LogP contribution in [0.5, 0.6) is 0 Å². The third-order valence-electron chi connectivity index (χ3n) is 5.38. The molecular weight excluding hydrogens is 411 g/mol. The molecule has 8 nitrogen and oxygen atoms in total. The van der Waals surface area contributed by atoms with Crippen molar-refractivity contribution in [2.75, 3.05) is 5.32 Å². The molecule has 2 N–H and O–H groups in total. The van der Waals surface area contributed by atoms with E-state index in [1.165, 1.54) is 21.3 Å². The number of rotatable bonds is 4. The third kappa shape index (κ3) is 4.33. The quantitative estimate of drug-likeness (QED) is 0.661. The van der Waals surface area contributed by atoms with Gasteiger partial charge in [-0.05, 0) is 37.8 Å². The summed E-state index contributed by atoms with van der Waals surface area (Å²) in [4.78, 5) is 16.1. The predicted octanol–water partition coefficient (Wildman–Crippen LogP) is 3.11. The highest BCUT2D eigenvalue weighted by Crippen LogP contribution is 2.30. The number of halogens is 3. The average molecular weight is 431 g/mol. The van der Waals surface area contributed by atoms with Crippen LogP contribution in [0.25, 0.3) is 5.65 Å². The summed E-state index contributed by atoms with van der Waals surface area (Å²) in [5.74, 6) is 0.214. The van der Waals surface area contributed by atoms with Gasteiger partial charge in [-0.15, -0.1) is 0 Å². The zero-order chi connectivity index (χ0) is 22.2. The summed E-state index contributed by atoms with van der Waals surface area (Å²) >= 11 is 0. The van der Waals surface area contributed by atoms with E-state index < -0.39 is 11.9 Å². The molecule has 31 heavy (non-hydrogen) atoms. The highest BCUT2D eigenvalue weighted by Gasteiger charge is 2.34. The van der Waals surface area contributed by atoms with Gasteiger partial charge in [-0.1, -0.05) is 6.07 Å². The van der Waals surface area contributed by atoms with Gasteiger partial charge in [-0.25, -0.2) is 4.98 Å². The Morgan fingerprint density at radius 2 is 1.90 bits per heavy atom. The van der Waals surface area contributed by atoms with Crippen molar-refractivity contribution in [3.05, 3.63) is 47.5 Å². The first-order valence-corrected chi connectivity index (χ1v) is 9.81. The van der Waals surface area contributed by atoms with Crippen molar-refractivity contribution >= 4 is 17.4 Å². The van der Waals surface area contributed by atoms with Gasteiger partial charge >= 0.3 is 6.18 Å². The van der Waals surface area contributed by atoms with E-state index in [4.69, 9.17) is 5.26 Å². The molecule has 162 valence electrons. The van der Waals surface area contributed by atoms with E-state index in [9.17, 15) is 18.0 Å². The third-order valence-corrected chi connectivity index (χ3v) is 5.38. The Kier molecular flexibility index (Phi) is 5.31. The van der Waals surface area contributed by atoms with Gasteiger partial charge in [0.2, 0.25) is 0 Å². The van der Waals surface area contributed by atoms with E-state index >= 15 is 0 Å². The van der Waals surface area contributed by atoms with Gasteiger partial charge in [0.05, 0.1) is 5.56 Å². The van der Waals surface area contributed by atoms with E-state index in [-0.39, 0.29) is 34.9 Å². The summed E-state index contributed by atoms with van der Waals surface area (Å²) in [5, 5.41) is 19.3. The van der Waals surface area contributed by atoms with Crippen molar-refractivity contribution in [2.24, 2.45) is 7.05 Å². The Hall–Kier alpha value is -3.55. The maximum atomic E-state index is 13.0. The fourth-order valence-corrected chi connectivity index (χ4v) is 3.86. The number of fused-ring (bicyclic) bond motifs is 1. The Morgan fingerprint density at radius 3 is 2.58 bits per heavy atom. The van der Waals surface area contributed by atoms with E-state index in [0.29, 0.717) is 18.7 Å². The largest absolute Gasteiger partial charge is 0.434 e. The Bertz CT molecular complexity index is 1150. The second kappa shape index (κ2) is 7.94. The zero-order valence-electron chi connectivity index (χ0n) is 16.6.